The van der Waals surface area contributed by atoms with E-state index in [-0.39, 0.29) is 23.4 Å². The van der Waals surface area contributed by atoms with Crippen molar-refractivity contribution in [2.24, 2.45) is 0 Å². The number of carbonyl (C=O) groups is 2. The number of benzene rings is 2. The average molecular weight is 461 g/mol. The molecule has 34 heavy (non-hydrogen) atoms. The SMILES string of the molecule is COc1ccc(Cc2ccnc(N3CCc4c(C(=O)NC5CCNC5=O)cccc43)c2)cc1F. The molecule has 1 atom stereocenters. The molecule has 1 saturated heterocycles. The molecule has 0 saturated carbocycles. The third-order valence-electron chi connectivity index (χ3n) is 6.34. The van der Waals surface area contributed by atoms with E-state index in [9.17, 15) is 14.0 Å². The Labute approximate surface area is 196 Å². The van der Waals surface area contributed by atoms with Gasteiger partial charge in [0.25, 0.3) is 5.91 Å². The van der Waals surface area contributed by atoms with Crippen molar-refractivity contribution in [3.8, 4) is 5.75 Å². The molecule has 2 aliphatic rings. The molecule has 1 unspecified atom stereocenters. The summed E-state index contributed by atoms with van der Waals surface area (Å²) in [4.78, 5) is 31.4. The molecule has 2 aliphatic heterocycles. The van der Waals surface area contributed by atoms with E-state index in [1.165, 1.54) is 13.2 Å². The van der Waals surface area contributed by atoms with Gasteiger partial charge in [0.2, 0.25) is 5.91 Å². The van der Waals surface area contributed by atoms with Crippen molar-refractivity contribution < 1.29 is 18.7 Å². The topological polar surface area (TPSA) is 83.6 Å². The molecule has 174 valence electrons. The first-order valence-corrected chi connectivity index (χ1v) is 11.3. The number of aromatic nitrogens is 1. The Morgan fingerprint density at radius 1 is 1.24 bits per heavy atom. The minimum Gasteiger partial charge on any atom is -0.494 e. The van der Waals surface area contributed by atoms with Gasteiger partial charge in [-0.25, -0.2) is 9.37 Å². The molecule has 5 rings (SSSR count). The second-order valence-electron chi connectivity index (χ2n) is 8.48. The summed E-state index contributed by atoms with van der Waals surface area (Å²) in [7, 11) is 1.45. The molecular formula is C26H25FN4O3. The van der Waals surface area contributed by atoms with Crippen LogP contribution in [0.15, 0.2) is 54.7 Å². The molecule has 0 spiro atoms. The first-order chi connectivity index (χ1) is 16.5. The fourth-order valence-corrected chi connectivity index (χ4v) is 4.63. The van der Waals surface area contributed by atoms with Gasteiger partial charge in [-0.05, 0) is 72.4 Å². The smallest absolute Gasteiger partial charge is 0.252 e. The highest BCUT2D eigenvalue weighted by Gasteiger charge is 2.30. The molecule has 2 N–H and O–H groups in total. The van der Waals surface area contributed by atoms with Crippen molar-refractivity contribution in [3.63, 3.8) is 0 Å². The highest BCUT2D eigenvalue weighted by molar-refractivity contribution is 6.00. The van der Waals surface area contributed by atoms with E-state index in [4.69, 9.17) is 4.74 Å². The number of rotatable bonds is 6. The zero-order valence-corrected chi connectivity index (χ0v) is 18.8. The number of hydrogen-bond acceptors (Lipinski definition) is 5. The number of hydrogen-bond donors (Lipinski definition) is 2. The van der Waals surface area contributed by atoms with Gasteiger partial charge in [-0.15, -0.1) is 0 Å². The lowest BCUT2D eigenvalue weighted by atomic mass is 10.0. The summed E-state index contributed by atoms with van der Waals surface area (Å²) >= 11 is 0. The van der Waals surface area contributed by atoms with E-state index >= 15 is 0 Å². The van der Waals surface area contributed by atoms with E-state index in [0.29, 0.717) is 37.9 Å². The molecule has 2 amide bonds. The quantitative estimate of drug-likeness (QED) is 0.591. The molecule has 7 nitrogen and oxygen atoms in total. The summed E-state index contributed by atoms with van der Waals surface area (Å²) in [6.07, 6.45) is 3.60. The summed E-state index contributed by atoms with van der Waals surface area (Å²) in [5.74, 6) is 0.243. The number of fused-ring (bicyclic) bond motifs is 1. The predicted octanol–water partition coefficient (Wildman–Crippen LogP) is 3.13. The fourth-order valence-electron chi connectivity index (χ4n) is 4.63. The van der Waals surface area contributed by atoms with Gasteiger partial charge in [0.1, 0.15) is 11.9 Å². The zero-order valence-electron chi connectivity index (χ0n) is 18.8. The van der Waals surface area contributed by atoms with E-state index in [2.05, 4.69) is 20.5 Å². The second kappa shape index (κ2) is 9.13. The highest BCUT2D eigenvalue weighted by Crippen LogP contribution is 2.36. The third-order valence-corrected chi connectivity index (χ3v) is 6.34. The Balaban J connectivity index is 1.37. The van der Waals surface area contributed by atoms with Crippen LogP contribution in [0.1, 0.15) is 33.5 Å². The standard InChI is InChI=1S/C26H25FN4O3/c1-34-23-6-5-16(14-20(23)27)13-17-7-10-28-24(15-17)31-12-9-18-19(3-2-4-22(18)31)25(32)30-21-8-11-29-26(21)33/h2-7,10,14-15,21H,8-9,11-13H2,1H3,(H,29,33)(H,30,32). The van der Waals surface area contributed by atoms with Gasteiger partial charge in [-0.2, -0.15) is 0 Å². The van der Waals surface area contributed by atoms with Crippen molar-refractivity contribution in [2.45, 2.75) is 25.3 Å². The molecular weight excluding hydrogens is 435 g/mol. The van der Waals surface area contributed by atoms with Gasteiger partial charge >= 0.3 is 0 Å². The largest absolute Gasteiger partial charge is 0.494 e. The van der Waals surface area contributed by atoms with Crippen LogP contribution in [0.4, 0.5) is 15.9 Å². The van der Waals surface area contributed by atoms with Crippen LogP contribution in [-0.2, 0) is 17.6 Å². The number of pyridine rings is 1. The van der Waals surface area contributed by atoms with Crippen molar-refractivity contribution >= 4 is 23.3 Å². The first kappa shape index (κ1) is 21.9. The number of anilines is 2. The van der Waals surface area contributed by atoms with Crippen LogP contribution < -0.4 is 20.3 Å². The highest BCUT2D eigenvalue weighted by atomic mass is 19.1. The summed E-state index contributed by atoms with van der Waals surface area (Å²) in [6, 6.07) is 14.0. The Morgan fingerprint density at radius 3 is 2.85 bits per heavy atom. The van der Waals surface area contributed by atoms with Gasteiger partial charge in [0, 0.05) is 30.5 Å². The number of methoxy groups -OCH3 is 1. The van der Waals surface area contributed by atoms with Crippen LogP contribution in [-0.4, -0.2) is 43.0 Å². The predicted molar refractivity (Wildman–Crippen MR) is 126 cm³/mol. The normalized spacial score (nSPS) is 16.8. The van der Waals surface area contributed by atoms with E-state index in [1.807, 2.05) is 30.3 Å². The van der Waals surface area contributed by atoms with Crippen molar-refractivity contribution in [1.29, 1.82) is 0 Å². The molecule has 0 radical (unpaired) electrons. The van der Waals surface area contributed by atoms with Crippen molar-refractivity contribution in [2.75, 3.05) is 25.1 Å². The minimum atomic E-state index is -0.484. The van der Waals surface area contributed by atoms with Crippen LogP contribution in [0.3, 0.4) is 0 Å². The Morgan fingerprint density at radius 2 is 2.09 bits per heavy atom. The Kier molecular flexibility index (Phi) is 5.88. The Hall–Kier alpha value is -3.94. The molecule has 1 fully saturated rings. The van der Waals surface area contributed by atoms with Crippen LogP contribution in [0.25, 0.3) is 0 Å². The van der Waals surface area contributed by atoms with Crippen LogP contribution >= 0.6 is 0 Å². The van der Waals surface area contributed by atoms with Crippen LogP contribution in [0.2, 0.25) is 0 Å². The van der Waals surface area contributed by atoms with Gasteiger partial charge in [0.05, 0.1) is 7.11 Å². The van der Waals surface area contributed by atoms with Gasteiger partial charge in [-0.3, -0.25) is 9.59 Å². The third kappa shape index (κ3) is 4.19. The van der Waals surface area contributed by atoms with E-state index in [0.717, 1.165) is 28.2 Å². The zero-order chi connectivity index (χ0) is 23.7. The van der Waals surface area contributed by atoms with Crippen LogP contribution in [0.5, 0.6) is 5.75 Å². The minimum absolute atomic E-state index is 0.139. The average Bonchev–Trinajstić information content (AvgIpc) is 3.45. The number of nitrogens with one attached hydrogen (secondary N) is 2. The molecule has 0 bridgehead atoms. The monoisotopic (exact) mass is 460 g/mol. The molecule has 3 heterocycles. The van der Waals surface area contributed by atoms with E-state index in [1.54, 1.807) is 18.3 Å². The lowest BCUT2D eigenvalue weighted by Crippen LogP contribution is -2.40. The van der Waals surface area contributed by atoms with Gasteiger partial charge in [-0.1, -0.05) is 12.1 Å². The summed E-state index contributed by atoms with van der Waals surface area (Å²) in [5, 5.41) is 5.60. The summed E-state index contributed by atoms with van der Waals surface area (Å²) < 4.78 is 19.1. The Bertz CT molecular complexity index is 1260. The number of nitrogens with zero attached hydrogens (tertiary/aromatic N) is 2. The molecule has 1 aromatic heterocycles. The molecule has 0 aliphatic carbocycles. The maximum atomic E-state index is 14.1. The van der Waals surface area contributed by atoms with Crippen molar-refractivity contribution in [3.05, 3.63) is 82.8 Å². The summed E-state index contributed by atoms with van der Waals surface area (Å²) in [5.41, 5.74) is 4.31. The van der Waals surface area contributed by atoms with Crippen molar-refractivity contribution in [1.82, 2.24) is 15.6 Å². The first-order valence-electron chi connectivity index (χ1n) is 11.3. The number of carbonyl (C=O) groups excluding carboxylic acids is 2. The van der Waals surface area contributed by atoms with Gasteiger partial charge < -0.3 is 20.3 Å². The maximum absolute atomic E-state index is 14.1. The van der Waals surface area contributed by atoms with Gasteiger partial charge in [0.15, 0.2) is 11.6 Å². The molecule has 2 aromatic carbocycles. The lowest BCUT2D eigenvalue weighted by molar-refractivity contribution is -0.120. The second-order valence-corrected chi connectivity index (χ2v) is 8.48. The van der Waals surface area contributed by atoms with Crippen LogP contribution in [0, 0.1) is 5.82 Å². The molecule has 3 aromatic rings. The fraction of sp³-hybridized carbons (Fsp3) is 0.269. The van der Waals surface area contributed by atoms with E-state index < -0.39 is 6.04 Å². The maximum Gasteiger partial charge on any atom is 0.252 e. The lowest BCUT2D eigenvalue weighted by Gasteiger charge is -2.20. The molecule has 8 heteroatoms. The summed E-state index contributed by atoms with van der Waals surface area (Å²) in [6.45, 7) is 1.27. The number of amides is 2. The number of halogens is 1. The number of ether oxygens (including phenoxy) is 1.